The summed E-state index contributed by atoms with van der Waals surface area (Å²) < 4.78 is 14.2. The molecule has 2 N–H and O–H groups in total. The molecule has 0 saturated heterocycles. The normalized spacial score (nSPS) is 25.4. The highest BCUT2D eigenvalue weighted by atomic mass is 19.1. The maximum absolute atomic E-state index is 14.2. The summed E-state index contributed by atoms with van der Waals surface area (Å²) >= 11 is 0. The molecule has 0 heterocycles. The van der Waals surface area contributed by atoms with Crippen LogP contribution in [0.3, 0.4) is 0 Å². The van der Waals surface area contributed by atoms with Gasteiger partial charge in [-0.15, -0.1) is 0 Å². The van der Waals surface area contributed by atoms with Crippen LogP contribution >= 0.6 is 0 Å². The molecule has 0 amide bonds. The Bertz CT molecular complexity index is 470. The number of aliphatic hydroxyl groups excluding tert-OH is 1. The van der Waals surface area contributed by atoms with Gasteiger partial charge in [-0.05, 0) is 49.3 Å². The van der Waals surface area contributed by atoms with Crippen LogP contribution in [0.5, 0.6) is 0 Å². The van der Waals surface area contributed by atoms with Gasteiger partial charge in [-0.1, -0.05) is 6.07 Å². The number of halogens is 1. The number of benzene rings is 1. The van der Waals surface area contributed by atoms with Crippen molar-refractivity contribution in [3.63, 3.8) is 0 Å². The fourth-order valence-electron chi connectivity index (χ4n) is 2.85. The molecule has 3 rings (SSSR count). The molecule has 0 radical (unpaired) electrons. The quantitative estimate of drug-likeness (QED) is 0.838. The van der Waals surface area contributed by atoms with Gasteiger partial charge >= 0.3 is 0 Å². The van der Waals surface area contributed by atoms with Crippen molar-refractivity contribution < 1.29 is 9.50 Å². The first-order chi connectivity index (χ1) is 9.61. The first-order valence-corrected chi connectivity index (χ1v) is 7.53. The van der Waals surface area contributed by atoms with Gasteiger partial charge in [0.25, 0.3) is 0 Å². The fraction of sp³-hybridized carbons (Fsp3) is 0.625. The highest BCUT2D eigenvalue weighted by Crippen LogP contribution is 2.30. The minimum atomic E-state index is -0.150. The first kappa shape index (κ1) is 13.8. The third-order valence-corrected chi connectivity index (χ3v) is 4.34. The number of rotatable bonds is 6. The zero-order valence-electron chi connectivity index (χ0n) is 12.0. The second-order valence-corrected chi connectivity index (χ2v) is 6.31. The summed E-state index contributed by atoms with van der Waals surface area (Å²) in [5, 5.41) is 12.7. The van der Waals surface area contributed by atoms with E-state index in [-0.39, 0.29) is 11.9 Å². The second kappa shape index (κ2) is 5.70. The van der Waals surface area contributed by atoms with Crippen LogP contribution in [0, 0.1) is 11.7 Å². The second-order valence-electron chi connectivity index (χ2n) is 6.31. The van der Waals surface area contributed by atoms with Crippen molar-refractivity contribution >= 4 is 5.69 Å². The summed E-state index contributed by atoms with van der Waals surface area (Å²) in [6.45, 7) is 1.56. The van der Waals surface area contributed by atoms with Gasteiger partial charge < -0.3 is 15.3 Å². The highest BCUT2D eigenvalue weighted by molar-refractivity contribution is 5.48. The first-order valence-electron chi connectivity index (χ1n) is 7.53. The molecular weight excluding hydrogens is 255 g/mol. The van der Waals surface area contributed by atoms with Crippen molar-refractivity contribution in [2.24, 2.45) is 5.92 Å². The molecule has 20 heavy (non-hydrogen) atoms. The zero-order chi connectivity index (χ0) is 14.1. The van der Waals surface area contributed by atoms with E-state index in [1.54, 1.807) is 6.07 Å². The van der Waals surface area contributed by atoms with Crippen LogP contribution in [-0.2, 0) is 6.54 Å². The molecular formula is C16H23FN2O. The molecule has 2 aliphatic rings. The molecule has 2 aliphatic carbocycles. The summed E-state index contributed by atoms with van der Waals surface area (Å²) in [6, 6.07) is 6.15. The van der Waals surface area contributed by atoms with E-state index in [2.05, 4.69) is 5.32 Å². The van der Waals surface area contributed by atoms with Crippen molar-refractivity contribution in [3.05, 3.63) is 29.6 Å². The van der Waals surface area contributed by atoms with E-state index in [1.165, 1.54) is 12.8 Å². The SMILES string of the molecule is CN(CC1CC(O)C1)c1ccc(CNC2CC2)cc1F. The Balaban J connectivity index is 1.57. The van der Waals surface area contributed by atoms with Gasteiger partial charge in [0, 0.05) is 26.2 Å². The van der Waals surface area contributed by atoms with Gasteiger partial charge in [0.05, 0.1) is 11.8 Å². The van der Waals surface area contributed by atoms with Gasteiger partial charge in [0.1, 0.15) is 5.82 Å². The van der Waals surface area contributed by atoms with E-state index in [4.69, 9.17) is 0 Å². The standard InChI is InChI=1S/C16H23FN2O/c1-19(10-12-6-14(20)7-12)16-5-2-11(8-15(16)17)9-18-13-3-4-13/h2,5,8,12-14,18,20H,3-4,6-7,9-10H2,1H3. The molecule has 4 heteroatoms. The van der Waals surface area contributed by atoms with E-state index in [9.17, 15) is 9.50 Å². The molecule has 0 aliphatic heterocycles. The molecule has 0 spiro atoms. The maximum Gasteiger partial charge on any atom is 0.146 e. The lowest BCUT2D eigenvalue weighted by atomic mass is 9.82. The number of hydrogen-bond acceptors (Lipinski definition) is 3. The number of hydrogen-bond donors (Lipinski definition) is 2. The summed E-state index contributed by atoms with van der Waals surface area (Å²) in [5.41, 5.74) is 1.66. The molecule has 110 valence electrons. The monoisotopic (exact) mass is 278 g/mol. The average molecular weight is 278 g/mol. The van der Waals surface area contributed by atoms with Crippen molar-refractivity contribution in [1.29, 1.82) is 0 Å². The third kappa shape index (κ3) is 3.30. The lowest BCUT2D eigenvalue weighted by Gasteiger charge is -2.35. The Morgan fingerprint density at radius 2 is 2.10 bits per heavy atom. The van der Waals surface area contributed by atoms with Crippen LogP contribution in [-0.4, -0.2) is 30.8 Å². The summed E-state index contributed by atoms with van der Waals surface area (Å²) in [4.78, 5) is 1.96. The molecule has 0 aromatic heterocycles. The van der Waals surface area contributed by atoms with E-state index in [0.717, 1.165) is 31.5 Å². The molecule has 2 saturated carbocycles. The van der Waals surface area contributed by atoms with Crippen LogP contribution in [0.2, 0.25) is 0 Å². The fourth-order valence-corrected chi connectivity index (χ4v) is 2.85. The minimum Gasteiger partial charge on any atom is -0.393 e. The average Bonchev–Trinajstić information content (AvgIpc) is 3.18. The summed E-state index contributed by atoms with van der Waals surface area (Å²) in [5.74, 6) is 0.341. The number of nitrogens with one attached hydrogen (secondary N) is 1. The Labute approximate surface area is 119 Å². The van der Waals surface area contributed by atoms with Crippen LogP contribution in [0.1, 0.15) is 31.2 Å². The number of aliphatic hydroxyl groups is 1. The smallest absolute Gasteiger partial charge is 0.146 e. The van der Waals surface area contributed by atoms with Crippen LogP contribution in [0.15, 0.2) is 18.2 Å². The largest absolute Gasteiger partial charge is 0.393 e. The molecule has 2 fully saturated rings. The predicted molar refractivity (Wildman–Crippen MR) is 78.3 cm³/mol. The molecule has 0 atom stereocenters. The van der Waals surface area contributed by atoms with Crippen LogP contribution in [0.4, 0.5) is 10.1 Å². The maximum atomic E-state index is 14.2. The van der Waals surface area contributed by atoms with Crippen molar-refractivity contribution in [1.82, 2.24) is 5.32 Å². The van der Waals surface area contributed by atoms with E-state index in [1.807, 2.05) is 24.1 Å². The summed E-state index contributed by atoms with van der Waals surface area (Å²) in [6.07, 6.45) is 4.03. The number of anilines is 1. The van der Waals surface area contributed by atoms with Crippen molar-refractivity contribution in [3.8, 4) is 0 Å². The Morgan fingerprint density at radius 3 is 2.70 bits per heavy atom. The highest BCUT2D eigenvalue weighted by Gasteiger charge is 2.28. The summed E-state index contributed by atoms with van der Waals surface area (Å²) in [7, 11) is 1.92. The zero-order valence-corrected chi connectivity index (χ0v) is 12.0. The minimum absolute atomic E-state index is 0.144. The third-order valence-electron chi connectivity index (χ3n) is 4.34. The lowest BCUT2D eigenvalue weighted by Crippen LogP contribution is -2.37. The van der Waals surface area contributed by atoms with Crippen molar-refractivity contribution in [2.75, 3.05) is 18.5 Å². The predicted octanol–water partition coefficient (Wildman–Crippen LogP) is 2.28. The van der Waals surface area contributed by atoms with E-state index in [0.29, 0.717) is 17.6 Å². The Hall–Kier alpha value is -1.13. The van der Waals surface area contributed by atoms with E-state index < -0.39 is 0 Å². The van der Waals surface area contributed by atoms with Gasteiger partial charge in [0.15, 0.2) is 0 Å². The Kier molecular flexibility index (Phi) is 3.94. The molecule has 0 bridgehead atoms. The van der Waals surface area contributed by atoms with Gasteiger partial charge in [-0.25, -0.2) is 4.39 Å². The van der Waals surface area contributed by atoms with Gasteiger partial charge in [0.2, 0.25) is 0 Å². The van der Waals surface area contributed by atoms with Gasteiger partial charge in [-0.3, -0.25) is 0 Å². The molecule has 0 unspecified atom stereocenters. The van der Waals surface area contributed by atoms with Gasteiger partial charge in [-0.2, -0.15) is 0 Å². The van der Waals surface area contributed by atoms with Crippen LogP contribution in [0.25, 0.3) is 0 Å². The van der Waals surface area contributed by atoms with E-state index >= 15 is 0 Å². The molecule has 1 aromatic rings. The Morgan fingerprint density at radius 1 is 1.35 bits per heavy atom. The van der Waals surface area contributed by atoms with Crippen molar-refractivity contribution in [2.45, 2.75) is 44.4 Å². The number of nitrogens with zero attached hydrogens (tertiary/aromatic N) is 1. The topological polar surface area (TPSA) is 35.5 Å². The molecule has 1 aromatic carbocycles. The molecule has 3 nitrogen and oxygen atoms in total. The lowest BCUT2D eigenvalue weighted by molar-refractivity contribution is 0.0464. The van der Waals surface area contributed by atoms with Crippen LogP contribution < -0.4 is 10.2 Å².